The molecule has 0 aliphatic rings. The minimum atomic E-state index is -0.303. The maximum Gasteiger partial charge on any atom is 0.300 e. The highest BCUT2D eigenvalue weighted by molar-refractivity contribution is 7.14. The number of para-hydroxylation sites is 1. The zero-order valence-electron chi connectivity index (χ0n) is 11.1. The van der Waals surface area contributed by atoms with Crippen molar-refractivity contribution < 1.29 is 9.21 Å². The molecule has 1 amide bonds. The second kappa shape index (κ2) is 5.71. The molecule has 3 aromatic rings. The van der Waals surface area contributed by atoms with Crippen molar-refractivity contribution in [3.8, 4) is 0 Å². The fraction of sp³-hybridized carbons (Fsp3) is 0.0667. The largest absolute Gasteiger partial charge is 0.440 e. The van der Waals surface area contributed by atoms with E-state index < -0.39 is 0 Å². The van der Waals surface area contributed by atoms with Crippen molar-refractivity contribution >= 4 is 39.7 Å². The lowest BCUT2D eigenvalue weighted by Crippen LogP contribution is -2.25. The summed E-state index contributed by atoms with van der Waals surface area (Å²) >= 11 is 7.16. The summed E-state index contributed by atoms with van der Waals surface area (Å²) in [7, 11) is 0. The van der Waals surface area contributed by atoms with E-state index in [-0.39, 0.29) is 16.9 Å². The number of aryl methyl sites for hydroxylation is 1. The topological polar surface area (TPSA) is 46.3 Å². The maximum atomic E-state index is 12.7. The lowest BCUT2D eigenvalue weighted by Gasteiger charge is -2.18. The molecule has 106 valence electrons. The van der Waals surface area contributed by atoms with Crippen molar-refractivity contribution in [3.63, 3.8) is 0 Å². The van der Waals surface area contributed by atoms with Gasteiger partial charge in [-0.3, -0.25) is 4.79 Å². The smallest absolute Gasteiger partial charge is 0.300 e. The lowest BCUT2D eigenvalue weighted by atomic mass is 10.3. The van der Waals surface area contributed by atoms with Crippen molar-refractivity contribution in [1.29, 1.82) is 0 Å². The van der Waals surface area contributed by atoms with E-state index in [2.05, 4.69) is 4.98 Å². The number of anilines is 2. The molecule has 0 fully saturated rings. The van der Waals surface area contributed by atoms with Crippen LogP contribution in [-0.4, -0.2) is 10.9 Å². The number of carbonyl (C=O) groups excluding carboxylic acids is 1. The van der Waals surface area contributed by atoms with Gasteiger partial charge in [0.05, 0.1) is 11.4 Å². The fourth-order valence-electron chi connectivity index (χ4n) is 1.88. The van der Waals surface area contributed by atoms with Crippen LogP contribution in [0.25, 0.3) is 0 Å². The molecule has 0 saturated heterocycles. The summed E-state index contributed by atoms with van der Waals surface area (Å²) in [6.45, 7) is 1.89. The Bertz CT molecular complexity index is 767. The molecule has 0 unspecified atom stereocenters. The van der Waals surface area contributed by atoms with E-state index in [0.29, 0.717) is 5.13 Å². The summed E-state index contributed by atoms with van der Waals surface area (Å²) in [6.07, 6.45) is 0. The number of furan rings is 1. The molecule has 0 atom stereocenters. The fourth-order valence-corrected chi connectivity index (χ4v) is 2.84. The van der Waals surface area contributed by atoms with Crippen molar-refractivity contribution in [1.82, 2.24) is 4.98 Å². The molecule has 0 aliphatic heterocycles. The zero-order chi connectivity index (χ0) is 14.8. The Morgan fingerprint density at radius 3 is 2.57 bits per heavy atom. The summed E-state index contributed by atoms with van der Waals surface area (Å²) in [5, 5.41) is 2.67. The summed E-state index contributed by atoms with van der Waals surface area (Å²) in [5.41, 5.74) is 1.59. The van der Waals surface area contributed by atoms with Crippen LogP contribution in [0.5, 0.6) is 0 Å². The molecule has 2 heterocycles. The van der Waals surface area contributed by atoms with E-state index in [1.165, 1.54) is 16.2 Å². The van der Waals surface area contributed by atoms with E-state index >= 15 is 0 Å². The van der Waals surface area contributed by atoms with Crippen LogP contribution in [0.2, 0.25) is 5.22 Å². The van der Waals surface area contributed by atoms with Gasteiger partial charge in [-0.2, -0.15) is 0 Å². The van der Waals surface area contributed by atoms with Gasteiger partial charge in [0, 0.05) is 5.38 Å². The maximum absolute atomic E-state index is 12.7. The SMILES string of the molecule is Cc1csc(N(C(=O)c2ccc(Cl)o2)c2ccccc2)n1. The molecule has 2 aromatic heterocycles. The number of aromatic nitrogens is 1. The number of hydrogen-bond donors (Lipinski definition) is 0. The molecule has 1 aromatic carbocycles. The third-order valence-electron chi connectivity index (χ3n) is 2.80. The van der Waals surface area contributed by atoms with Gasteiger partial charge in [0.25, 0.3) is 5.91 Å². The van der Waals surface area contributed by atoms with Gasteiger partial charge in [-0.1, -0.05) is 18.2 Å². The highest BCUT2D eigenvalue weighted by atomic mass is 35.5. The van der Waals surface area contributed by atoms with E-state index in [1.54, 1.807) is 12.1 Å². The van der Waals surface area contributed by atoms with Gasteiger partial charge in [-0.25, -0.2) is 9.88 Å². The molecule has 0 saturated carbocycles. The third-order valence-corrected chi connectivity index (χ3v) is 3.95. The summed E-state index contributed by atoms with van der Waals surface area (Å²) in [4.78, 5) is 18.6. The van der Waals surface area contributed by atoms with Crippen LogP contribution in [0.4, 0.5) is 10.8 Å². The Hall–Kier alpha value is -2.11. The van der Waals surface area contributed by atoms with E-state index in [9.17, 15) is 4.79 Å². The van der Waals surface area contributed by atoms with E-state index in [4.69, 9.17) is 16.0 Å². The van der Waals surface area contributed by atoms with E-state index in [0.717, 1.165) is 11.4 Å². The van der Waals surface area contributed by atoms with Gasteiger partial charge in [0.2, 0.25) is 0 Å². The summed E-state index contributed by atoms with van der Waals surface area (Å²) in [6, 6.07) is 12.4. The highest BCUT2D eigenvalue weighted by Crippen LogP contribution is 2.30. The van der Waals surface area contributed by atoms with Crippen LogP contribution in [0.15, 0.2) is 52.3 Å². The van der Waals surface area contributed by atoms with Crippen LogP contribution in [-0.2, 0) is 0 Å². The minimum absolute atomic E-state index is 0.178. The second-order valence-electron chi connectivity index (χ2n) is 4.35. The lowest BCUT2D eigenvalue weighted by molar-refractivity contribution is 0.0973. The second-order valence-corrected chi connectivity index (χ2v) is 5.56. The first-order chi connectivity index (χ1) is 10.1. The Kier molecular flexibility index (Phi) is 3.77. The van der Waals surface area contributed by atoms with Gasteiger partial charge in [0.15, 0.2) is 16.1 Å². The third kappa shape index (κ3) is 2.84. The van der Waals surface area contributed by atoms with Gasteiger partial charge < -0.3 is 4.42 Å². The number of hydrogen-bond acceptors (Lipinski definition) is 4. The standard InChI is InChI=1S/C15H11ClN2O2S/c1-10-9-21-15(17-10)18(11-5-3-2-4-6-11)14(19)12-7-8-13(16)20-12/h2-9H,1H3. The molecule has 3 rings (SSSR count). The first kappa shape index (κ1) is 13.9. The molecular weight excluding hydrogens is 308 g/mol. The predicted octanol–water partition coefficient (Wildman–Crippen LogP) is 4.68. The quantitative estimate of drug-likeness (QED) is 0.704. The average Bonchev–Trinajstić information content (AvgIpc) is 3.09. The van der Waals surface area contributed by atoms with Crippen LogP contribution in [0.3, 0.4) is 0 Å². The molecular formula is C15H11ClN2O2S. The molecule has 0 aliphatic carbocycles. The molecule has 0 spiro atoms. The number of carbonyl (C=O) groups is 1. The zero-order valence-corrected chi connectivity index (χ0v) is 12.7. The van der Waals surface area contributed by atoms with Crippen LogP contribution in [0.1, 0.15) is 16.2 Å². The first-order valence-corrected chi connectivity index (χ1v) is 7.48. The number of nitrogens with zero attached hydrogens (tertiary/aromatic N) is 2. The molecule has 6 heteroatoms. The number of rotatable bonds is 3. The Balaban J connectivity index is 2.06. The summed E-state index contributed by atoms with van der Waals surface area (Å²) < 4.78 is 5.23. The number of thiazole rings is 1. The minimum Gasteiger partial charge on any atom is -0.440 e. The first-order valence-electron chi connectivity index (χ1n) is 6.22. The number of benzene rings is 1. The Morgan fingerprint density at radius 1 is 1.24 bits per heavy atom. The molecule has 0 N–H and O–H groups in total. The van der Waals surface area contributed by atoms with Crippen molar-refractivity contribution in [2.24, 2.45) is 0 Å². The molecule has 0 radical (unpaired) electrons. The Morgan fingerprint density at radius 2 is 2.00 bits per heavy atom. The predicted molar refractivity (Wildman–Crippen MR) is 83.5 cm³/mol. The van der Waals surface area contributed by atoms with Gasteiger partial charge >= 0.3 is 0 Å². The summed E-state index contributed by atoms with van der Waals surface area (Å²) in [5.74, 6) is -0.126. The van der Waals surface area contributed by atoms with Gasteiger partial charge in [-0.05, 0) is 42.8 Å². The van der Waals surface area contributed by atoms with Crippen LogP contribution in [0, 0.1) is 6.92 Å². The Labute approximate surface area is 130 Å². The number of amides is 1. The number of halogens is 1. The van der Waals surface area contributed by atoms with Crippen LogP contribution < -0.4 is 4.90 Å². The monoisotopic (exact) mass is 318 g/mol. The molecule has 4 nitrogen and oxygen atoms in total. The van der Waals surface area contributed by atoms with Crippen molar-refractivity contribution in [2.45, 2.75) is 6.92 Å². The van der Waals surface area contributed by atoms with Crippen LogP contribution >= 0.6 is 22.9 Å². The van der Waals surface area contributed by atoms with Crippen molar-refractivity contribution in [3.05, 3.63) is 64.5 Å². The normalized spacial score (nSPS) is 10.6. The van der Waals surface area contributed by atoms with E-state index in [1.807, 2.05) is 42.6 Å². The van der Waals surface area contributed by atoms with Gasteiger partial charge in [-0.15, -0.1) is 11.3 Å². The molecule has 21 heavy (non-hydrogen) atoms. The van der Waals surface area contributed by atoms with Crippen molar-refractivity contribution in [2.75, 3.05) is 4.90 Å². The average molecular weight is 319 g/mol. The van der Waals surface area contributed by atoms with Gasteiger partial charge in [0.1, 0.15) is 0 Å². The molecule has 0 bridgehead atoms. The highest BCUT2D eigenvalue weighted by Gasteiger charge is 2.24.